The SMILES string of the molecule is CC12CCCC(CNCc3ccn4nccc4c3)(CO1)C2. The quantitative estimate of drug-likeness (QED) is 0.939. The highest BCUT2D eigenvalue weighted by Crippen LogP contribution is 2.49. The minimum absolute atomic E-state index is 0.149. The molecule has 21 heavy (non-hydrogen) atoms. The monoisotopic (exact) mass is 285 g/mol. The third-order valence-corrected chi connectivity index (χ3v) is 5.18. The van der Waals surface area contributed by atoms with Crippen LogP contribution in [0.2, 0.25) is 0 Å². The molecule has 2 atom stereocenters. The topological polar surface area (TPSA) is 38.6 Å². The van der Waals surface area contributed by atoms with Gasteiger partial charge >= 0.3 is 0 Å². The van der Waals surface area contributed by atoms with Crippen molar-refractivity contribution in [1.29, 1.82) is 0 Å². The van der Waals surface area contributed by atoms with E-state index in [1.54, 1.807) is 0 Å². The van der Waals surface area contributed by atoms with Crippen LogP contribution in [0.1, 0.15) is 38.2 Å². The van der Waals surface area contributed by atoms with E-state index < -0.39 is 0 Å². The average molecular weight is 285 g/mol. The molecule has 0 amide bonds. The maximum atomic E-state index is 6.07. The number of nitrogens with zero attached hydrogens (tertiary/aromatic N) is 2. The fraction of sp³-hybridized carbons (Fsp3) is 0.588. The summed E-state index contributed by atoms with van der Waals surface area (Å²) in [6, 6.07) is 6.38. The zero-order valence-corrected chi connectivity index (χ0v) is 12.6. The van der Waals surface area contributed by atoms with Crippen LogP contribution in [-0.4, -0.2) is 28.4 Å². The second kappa shape index (κ2) is 4.82. The fourth-order valence-corrected chi connectivity index (χ4v) is 4.13. The minimum Gasteiger partial charge on any atom is -0.375 e. The molecule has 1 aliphatic heterocycles. The third kappa shape index (κ3) is 2.47. The van der Waals surface area contributed by atoms with Crippen molar-refractivity contribution in [2.75, 3.05) is 13.2 Å². The molecule has 1 saturated carbocycles. The maximum Gasteiger partial charge on any atom is 0.0664 e. The summed E-state index contributed by atoms with van der Waals surface area (Å²) in [6.45, 7) is 5.19. The van der Waals surface area contributed by atoms with E-state index in [4.69, 9.17) is 4.74 Å². The van der Waals surface area contributed by atoms with E-state index in [0.29, 0.717) is 5.41 Å². The summed E-state index contributed by atoms with van der Waals surface area (Å²) < 4.78 is 7.97. The van der Waals surface area contributed by atoms with Gasteiger partial charge in [-0.3, -0.25) is 0 Å². The number of hydrogen-bond donors (Lipinski definition) is 1. The molecule has 1 saturated heterocycles. The van der Waals surface area contributed by atoms with Crippen LogP contribution in [0, 0.1) is 5.41 Å². The van der Waals surface area contributed by atoms with Crippen molar-refractivity contribution in [1.82, 2.24) is 14.9 Å². The molecule has 0 radical (unpaired) electrons. The summed E-state index contributed by atoms with van der Waals surface area (Å²) in [5.41, 5.74) is 2.99. The van der Waals surface area contributed by atoms with Gasteiger partial charge in [0.25, 0.3) is 0 Å². The number of aromatic nitrogens is 2. The highest BCUT2D eigenvalue weighted by atomic mass is 16.5. The molecule has 1 N–H and O–H groups in total. The Morgan fingerprint density at radius 1 is 1.38 bits per heavy atom. The van der Waals surface area contributed by atoms with E-state index >= 15 is 0 Å². The van der Waals surface area contributed by atoms with Gasteiger partial charge in [0.15, 0.2) is 0 Å². The summed E-state index contributed by atoms with van der Waals surface area (Å²) in [5, 5.41) is 7.88. The molecule has 2 aromatic heterocycles. The molecular formula is C17H23N3O. The van der Waals surface area contributed by atoms with Crippen molar-refractivity contribution in [2.45, 2.75) is 44.8 Å². The Bertz CT molecular complexity index is 652. The van der Waals surface area contributed by atoms with Gasteiger partial charge in [-0.25, -0.2) is 4.52 Å². The first kappa shape index (κ1) is 13.3. The van der Waals surface area contributed by atoms with E-state index in [9.17, 15) is 0 Å². The number of fused-ring (bicyclic) bond motifs is 3. The van der Waals surface area contributed by atoms with Gasteiger partial charge in [0.2, 0.25) is 0 Å². The summed E-state index contributed by atoms with van der Waals surface area (Å²) in [4.78, 5) is 0. The van der Waals surface area contributed by atoms with Gasteiger partial charge < -0.3 is 10.1 Å². The Morgan fingerprint density at radius 3 is 3.29 bits per heavy atom. The zero-order chi connectivity index (χ0) is 14.3. The minimum atomic E-state index is 0.149. The molecule has 2 fully saturated rings. The lowest BCUT2D eigenvalue weighted by Gasteiger charge is -2.35. The first-order valence-corrected chi connectivity index (χ1v) is 7.94. The fourth-order valence-electron chi connectivity index (χ4n) is 4.13. The lowest BCUT2D eigenvalue weighted by Crippen LogP contribution is -2.38. The summed E-state index contributed by atoms with van der Waals surface area (Å²) in [6.07, 6.45) is 8.92. The smallest absolute Gasteiger partial charge is 0.0664 e. The molecule has 2 aliphatic rings. The summed E-state index contributed by atoms with van der Waals surface area (Å²) >= 11 is 0. The van der Waals surface area contributed by atoms with Crippen LogP contribution in [-0.2, 0) is 11.3 Å². The first-order valence-electron chi connectivity index (χ1n) is 7.94. The van der Waals surface area contributed by atoms with Gasteiger partial charge in [-0.2, -0.15) is 5.10 Å². The van der Waals surface area contributed by atoms with Crippen molar-refractivity contribution in [3.05, 3.63) is 36.2 Å². The Kier molecular flexibility index (Phi) is 3.05. The van der Waals surface area contributed by atoms with E-state index in [-0.39, 0.29) is 5.60 Å². The molecule has 4 rings (SSSR count). The van der Waals surface area contributed by atoms with E-state index in [2.05, 4.69) is 29.5 Å². The number of ether oxygens (including phenoxy) is 1. The predicted octanol–water partition coefficient (Wildman–Crippen LogP) is 2.77. The molecule has 2 aromatic rings. The third-order valence-electron chi connectivity index (χ3n) is 5.18. The molecule has 1 aliphatic carbocycles. The lowest BCUT2D eigenvalue weighted by atomic mass is 9.71. The largest absolute Gasteiger partial charge is 0.375 e. The van der Waals surface area contributed by atoms with Gasteiger partial charge in [-0.1, -0.05) is 0 Å². The standard InChI is InChI=1S/C17H23N3O/c1-16-5-2-6-17(11-16,13-21-16)12-18-10-14-4-8-20-15(9-14)3-7-19-20/h3-4,7-9,18H,2,5-6,10-13H2,1H3. The van der Waals surface area contributed by atoms with Gasteiger partial charge in [-0.15, -0.1) is 0 Å². The Hall–Kier alpha value is -1.39. The van der Waals surface area contributed by atoms with Crippen LogP contribution in [0.15, 0.2) is 30.6 Å². The van der Waals surface area contributed by atoms with Gasteiger partial charge in [0.1, 0.15) is 0 Å². The Balaban J connectivity index is 1.39. The van der Waals surface area contributed by atoms with Crippen molar-refractivity contribution in [2.24, 2.45) is 5.41 Å². The number of rotatable bonds is 4. The molecule has 0 spiro atoms. The van der Waals surface area contributed by atoms with Crippen LogP contribution < -0.4 is 5.32 Å². The summed E-state index contributed by atoms with van der Waals surface area (Å²) in [5.74, 6) is 0. The second-order valence-electron chi connectivity index (χ2n) is 7.11. The van der Waals surface area contributed by atoms with Crippen molar-refractivity contribution >= 4 is 5.52 Å². The highest BCUT2D eigenvalue weighted by Gasteiger charge is 2.49. The van der Waals surface area contributed by atoms with Crippen LogP contribution in [0.5, 0.6) is 0 Å². The second-order valence-corrected chi connectivity index (χ2v) is 7.11. The van der Waals surface area contributed by atoms with Crippen LogP contribution in [0.25, 0.3) is 5.52 Å². The molecule has 2 bridgehead atoms. The van der Waals surface area contributed by atoms with Crippen molar-refractivity contribution < 1.29 is 4.74 Å². The van der Waals surface area contributed by atoms with E-state index in [0.717, 1.165) is 25.2 Å². The van der Waals surface area contributed by atoms with Gasteiger partial charge in [0.05, 0.1) is 17.7 Å². The molecule has 3 heterocycles. The molecule has 0 aromatic carbocycles. The molecule has 4 heteroatoms. The maximum absolute atomic E-state index is 6.07. The highest BCUT2D eigenvalue weighted by molar-refractivity contribution is 5.47. The normalized spacial score (nSPS) is 31.9. The Morgan fingerprint density at radius 2 is 2.33 bits per heavy atom. The van der Waals surface area contributed by atoms with Gasteiger partial charge in [0, 0.05) is 30.9 Å². The lowest BCUT2D eigenvalue weighted by molar-refractivity contribution is 0.0147. The first-order chi connectivity index (χ1) is 10.2. The molecular weight excluding hydrogens is 262 g/mol. The van der Waals surface area contributed by atoms with Crippen LogP contribution >= 0.6 is 0 Å². The molecule has 112 valence electrons. The number of nitrogens with one attached hydrogen (secondary N) is 1. The van der Waals surface area contributed by atoms with Crippen molar-refractivity contribution in [3.63, 3.8) is 0 Å². The van der Waals surface area contributed by atoms with Crippen molar-refractivity contribution in [3.8, 4) is 0 Å². The average Bonchev–Trinajstić information content (AvgIpc) is 3.01. The van der Waals surface area contributed by atoms with Crippen LogP contribution in [0.3, 0.4) is 0 Å². The zero-order valence-electron chi connectivity index (χ0n) is 12.6. The Labute approximate surface area is 125 Å². The molecule has 4 nitrogen and oxygen atoms in total. The number of hydrogen-bond acceptors (Lipinski definition) is 3. The van der Waals surface area contributed by atoms with E-state index in [1.165, 1.54) is 31.2 Å². The molecule has 2 unspecified atom stereocenters. The van der Waals surface area contributed by atoms with Gasteiger partial charge in [-0.05, 0) is 56.4 Å². The van der Waals surface area contributed by atoms with Crippen LogP contribution in [0.4, 0.5) is 0 Å². The van der Waals surface area contributed by atoms with E-state index in [1.807, 2.05) is 23.0 Å². The summed E-state index contributed by atoms with van der Waals surface area (Å²) in [7, 11) is 0. The predicted molar refractivity (Wildman–Crippen MR) is 82.2 cm³/mol. The number of pyridine rings is 1.